The van der Waals surface area contributed by atoms with Gasteiger partial charge in [-0.25, -0.2) is 35.4 Å². The maximum absolute atomic E-state index is 13.5. The lowest BCUT2D eigenvalue weighted by molar-refractivity contribution is 0.574. The lowest BCUT2D eigenvalue weighted by Gasteiger charge is -2.25. The number of hydrogen-bond donors (Lipinski definition) is 3. The van der Waals surface area contributed by atoms with Gasteiger partial charge in [0.1, 0.15) is 5.82 Å². The van der Waals surface area contributed by atoms with E-state index in [1.54, 1.807) is 59.9 Å². The van der Waals surface area contributed by atoms with Crippen molar-refractivity contribution in [3.8, 4) is 5.69 Å². The van der Waals surface area contributed by atoms with Gasteiger partial charge >= 0.3 is 0 Å². The maximum atomic E-state index is 13.5. The number of sulfonamides is 2. The van der Waals surface area contributed by atoms with Gasteiger partial charge < -0.3 is 0 Å². The number of hydrogen-bond acceptors (Lipinski definition) is 8. The molecule has 70 heavy (non-hydrogen) atoms. The van der Waals surface area contributed by atoms with Gasteiger partial charge in [0.15, 0.2) is 0 Å². The highest BCUT2D eigenvalue weighted by Crippen LogP contribution is 2.41. The lowest BCUT2D eigenvalue weighted by atomic mass is 9.94. The maximum Gasteiger partial charge on any atom is 0.234 e. The summed E-state index contributed by atoms with van der Waals surface area (Å²) in [5.74, 6) is 3.32. The van der Waals surface area contributed by atoms with Gasteiger partial charge in [0.2, 0.25) is 20.0 Å². The predicted molar refractivity (Wildman–Crippen MR) is 287 cm³/mol. The van der Waals surface area contributed by atoms with E-state index in [0.29, 0.717) is 44.3 Å². The van der Waals surface area contributed by atoms with Crippen LogP contribution in [0.2, 0.25) is 15.1 Å². The van der Waals surface area contributed by atoms with Crippen molar-refractivity contribution in [2.45, 2.75) is 62.1 Å². The molecule has 0 spiro atoms. The Bertz CT molecular complexity index is 3230. The Morgan fingerprint density at radius 2 is 1.24 bits per heavy atom. The molecule has 2 unspecified atom stereocenters. The largest absolute Gasteiger partial charge is 0.281 e. The van der Waals surface area contributed by atoms with Crippen LogP contribution in [0.3, 0.4) is 0 Å². The Morgan fingerprint density at radius 1 is 0.686 bits per heavy atom. The second-order valence-electron chi connectivity index (χ2n) is 17.0. The Balaban J connectivity index is 0.000000193. The topological polar surface area (TPSA) is 139 Å². The first kappa shape index (κ1) is 51.7. The molecule has 0 aliphatic carbocycles. The van der Waals surface area contributed by atoms with Crippen LogP contribution in [0.5, 0.6) is 0 Å². The molecule has 0 radical (unpaired) electrons. The second kappa shape index (κ2) is 23.2. The number of nitrogens with zero attached hydrogens (tertiary/aromatic N) is 3. The molecule has 7 aromatic rings. The molecule has 4 heterocycles. The first-order valence-corrected chi connectivity index (χ1v) is 28.9. The molecule has 3 N–H and O–H groups in total. The van der Waals surface area contributed by atoms with Crippen molar-refractivity contribution >= 4 is 90.5 Å². The Morgan fingerprint density at radius 3 is 1.86 bits per heavy atom. The van der Waals surface area contributed by atoms with Crippen LogP contribution in [0.25, 0.3) is 17.8 Å². The summed E-state index contributed by atoms with van der Waals surface area (Å²) in [5, 5.41) is 16.4. The number of halogens is 4. The van der Waals surface area contributed by atoms with Crippen molar-refractivity contribution in [3.63, 3.8) is 0 Å². The van der Waals surface area contributed by atoms with E-state index in [4.69, 9.17) is 39.9 Å². The summed E-state index contributed by atoms with van der Waals surface area (Å²) >= 11 is 22.6. The van der Waals surface area contributed by atoms with E-state index < -0.39 is 20.0 Å². The third-order valence-corrected chi connectivity index (χ3v) is 17.3. The van der Waals surface area contributed by atoms with Crippen molar-refractivity contribution in [2.24, 2.45) is 0 Å². The average molecular weight is 1080 g/mol. The Hall–Kier alpha value is -4.68. The van der Waals surface area contributed by atoms with Crippen LogP contribution in [0.15, 0.2) is 138 Å². The third-order valence-electron chi connectivity index (χ3n) is 11.9. The molecule has 0 amide bonds. The minimum absolute atomic E-state index is 0.117. The van der Waals surface area contributed by atoms with Crippen LogP contribution in [-0.4, -0.2) is 48.3 Å². The molecule has 10 nitrogen and oxygen atoms in total. The van der Waals surface area contributed by atoms with E-state index in [1.165, 1.54) is 16.9 Å². The molecule has 364 valence electrons. The van der Waals surface area contributed by atoms with Crippen LogP contribution in [0, 0.1) is 5.82 Å². The Kier molecular flexibility index (Phi) is 17.2. The fraction of sp³-hybridized carbons (Fsp3) is 0.231. The van der Waals surface area contributed by atoms with Gasteiger partial charge in [0.05, 0.1) is 27.8 Å². The van der Waals surface area contributed by atoms with Crippen LogP contribution in [0.4, 0.5) is 4.39 Å². The van der Waals surface area contributed by atoms with Crippen molar-refractivity contribution in [1.82, 2.24) is 29.4 Å². The monoisotopic (exact) mass is 1070 g/mol. The Labute approximate surface area is 432 Å². The zero-order chi connectivity index (χ0) is 49.4. The van der Waals surface area contributed by atoms with Crippen molar-refractivity contribution < 1.29 is 21.2 Å². The molecule has 2 aliphatic rings. The molecule has 0 bridgehead atoms. The third kappa shape index (κ3) is 13.4. The standard InChI is InChI=1S/C29H26Cl3N3O2S2.C23H24FN3O2S2/c1-19(21-7-3-2-4-8-21)34-39(36,37)13-12-27-25-18-38-17-22(14-20-6-5-9-23(30)15-20)29(25)35(33-27)28-11-10-24(31)16-26(28)32;1-16(18-7-3-2-4-8-18)27-31(28,29)11-10-22-21-15-30-14-19(23(21)26-25-22)12-17-6-5-9-20(24)13-17/h2-13,15-16,19,22,34H,14,17-18H2,1H3;2-11,13,16,19,27H,12,14-15H2,1H3,(H,25,26)/b13-12+;11-10+/t19-,22?;16-,19?/m00/s1. The van der Waals surface area contributed by atoms with Crippen LogP contribution in [0.1, 0.15) is 93.9 Å². The highest BCUT2D eigenvalue weighted by atomic mass is 35.5. The quantitative estimate of drug-likeness (QED) is 0.0923. The van der Waals surface area contributed by atoms with Crippen LogP contribution >= 0.6 is 58.3 Å². The summed E-state index contributed by atoms with van der Waals surface area (Å²) < 4.78 is 71.8. The average Bonchev–Trinajstić information content (AvgIpc) is 3.93. The summed E-state index contributed by atoms with van der Waals surface area (Å²) in [7, 11) is -7.37. The number of nitrogens with one attached hydrogen (secondary N) is 3. The zero-order valence-corrected chi connectivity index (χ0v) is 43.6. The molecule has 0 saturated carbocycles. The minimum atomic E-state index is -3.73. The molecule has 18 heteroatoms. The number of rotatable bonds is 15. The van der Waals surface area contributed by atoms with E-state index in [0.717, 1.165) is 68.4 Å². The van der Waals surface area contributed by atoms with Gasteiger partial charge in [-0.15, -0.1) is 0 Å². The van der Waals surface area contributed by atoms with E-state index in [-0.39, 0.29) is 29.7 Å². The van der Waals surface area contributed by atoms with E-state index in [1.807, 2.05) is 110 Å². The molecule has 0 fully saturated rings. The van der Waals surface area contributed by atoms with Crippen LogP contribution < -0.4 is 9.44 Å². The zero-order valence-electron chi connectivity index (χ0n) is 38.1. The number of aromatic nitrogens is 4. The molecular weight excluding hydrogens is 1030 g/mol. The number of H-pyrrole nitrogens is 1. The summed E-state index contributed by atoms with van der Waals surface area (Å²) in [6, 6.07) is 37.9. The van der Waals surface area contributed by atoms with Crippen LogP contribution in [-0.2, 0) is 44.4 Å². The fourth-order valence-electron chi connectivity index (χ4n) is 8.52. The molecule has 4 atom stereocenters. The van der Waals surface area contributed by atoms with E-state index in [9.17, 15) is 21.2 Å². The summed E-state index contributed by atoms with van der Waals surface area (Å²) in [6.45, 7) is 3.63. The van der Waals surface area contributed by atoms with Crippen molar-refractivity contribution in [2.75, 3.05) is 11.5 Å². The first-order valence-electron chi connectivity index (χ1n) is 22.4. The number of thioether (sulfide) groups is 2. The van der Waals surface area contributed by atoms with Crippen molar-refractivity contribution in [3.05, 3.63) is 215 Å². The van der Waals surface area contributed by atoms with Crippen molar-refractivity contribution in [1.29, 1.82) is 0 Å². The fourth-order valence-corrected chi connectivity index (χ4v) is 13.6. The van der Waals surface area contributed by atoms with Gasteiger partial charge in [-0.05, 0) is 104 Å². The smallest absolute Gasteiger partial charge is 0.234 e. The van der Waals surface area contributed by atoms with E-state index in [2.05, 4.69) is 25.7 Å². The molecule has 2 aliphatic heterocycles. The highest BCUT2D eigenvalue weighted by Gasteiger charge is 2.31. The lowest BCUT2D eigenvalue weighted by Crippen LogP contribution is -2.24. The summed E-state index contributed by atoms with van der Waals surface area (Å²) in [4.78, 5) is 0. The summed E-state index contributed by atoms with van der Waals surface area (Å²) in [6.07, 6.45) is 4.58. The minimum Gasteiger partial charge on any atom is -0.281 e. The number of aromatic amines is 1. The van der Waals surface area contributed by atoms with Gasteiger partial charge in [0.25, 0.3) is 0 Å². The molecule has 9 rings (SSSR count). The normalized spacial score (nSPS) is 16.9. The van der Waals surface area contributed by atoms with Gasteiger partial charge in [-0.3, -0.25) is 5.10 Å². The first-order chi connectivity index (χ1) is 33.6. The van der Waals surface area contributed by atoms with Gasteiger partial charge in [-0.2, -0.15) is 33.7 Å². The van der Waals surface area contributed by atoms with Gasteiger partial charge in [-0.1, -0.05) is 120 Å². The predicted octanol–water partition coefficient (Wildman–Crippen LogP) is 12.8. The van der Waals surface area contributed by atoms with E-state index >= 15 is 0 Å². The summed E-state index contributed by atoms with van der Waals surface area (Å²) in [5.41, 5.74) is 9.78. The second-order valence-corrected chi connectivity index (χ2v) is 23.6. The highest BCUT2D eigenvalue weighted by molar-refractivity contribution is 7.98. The number of fused-ring (bicyclic) bond motifs is 2. The SMILES string of the molecule is C[C@H](NS(=O)(=O)/C=C/c1n[nH]c2c1CSCC2Cc1cccc(F)c1)c1ccccc1.C[C@H](NS(=O)(=O)/C=C/c1nn(-c2ccc(Cl)cc2Cl)c2c1CSCC2Cc1cccc(Cl)c1)c1ccccc1. The molecule has 0 saturated heterocycles. The molecular formula is C52H50Cl3FN6O4S4. The molecule has 2 aromatic heterocycles. The molecule has 5 aromatic carbocycles. The van der Waals surface area contributed by atoms with Gasteiger partial charge in [0, 0.05) is 84.6 Å². The number of benzene rings is 5.